The number of aliphatic hydroxyl groups is 1. The molecule has 1 saturated carbocycles. The topological polar surface area (TPSA) is 87.7 Å². The van der Waals surface area contributed by atoms with Crippen LogP contribution in [-0.2, 0) is 9.47 Å². The third-order valence-electron chi connectivity index (χ3n) is 7.18. The number of rotatable bonds is 10. The van der Waals surface area contributed by atoms with Gasteiger partial charge in [-0.25, -0.2) is 13.8 Å². The number of nitrogens with one attached hydrogen (secondary N) is 3. The van der Waals surface area contributed by atoms with Gasteiger partial charge in [-0.15, -0.1) is 0 Å². The predicted molar refractivity (Wildman–Crippen MR) is 137 cm³/mol. The van der Waals surface area contributed by atoms with E-state index < -0.39 is 17.2 Å². The second kappa shape index (κ2) is 12.3. The summed E-state index contributed by atoms with van der Waals surface area (Å²) in [7, 11) is 1.71. The molecule has 2 aromatic rings. The van der Waals surface area contributed by atoms with Crippen LogP contribution in [0.25, 0.3) is 11.1 Å². The van der Waals surface area contributed by atoms with E-state index in [1.807, 2.05) is 0 Å². The van der Waals surface area contributed by atoms with Crippen LogP contribution >= 0.6 is 0 Å². The van der Waals surface area contributed by atoms with Gasteiger partial charge in [0.1, 0.15) is 17.5 Å². The van der Waals surface area contributed by atoms with E-state index in [-0.39, 0.29) is 18.3 Å². The summed E-state index contributed by atoms with van der Waals surface area (Å²) in [5.41, 5.74) is 0.173. The van der Waals surface area contributed by atoms with Crippen LogP contribution in [0, 0.1) is 11.6 Å². The summed E-state index contributed by atoms with van der Waals surface area (Å²) in [5, 5.41) is 20.7. The average molecular weight is 505 g/mol. The van der Waals surface area contributed by atoms with Crippen molar-refractivity contribution in [1.29, 1.82) is 0 Å². The Morgan fingerprint density at radius 1 is 1.11 bits per heavy atom. The highest BCUT2D eigenvalue weighted by Crippen LogP contribution is 2.30. The van der Waals surface area contributed by atoms with Gasteiger partial charge in [-0.05, 0) is 56.4 Å². The molecule has 1 aliphatic heterocycles. The van der Waals surface area contributed by atoms with Crippen molar-refractivity contribution in [2.24, 2.45) is 0 Å². The van der Waals surface area contributed by atoms with Crippen molar-refractivity contribution >= 4 is 11.5 Å². The Hall–Kier alpha value is -2.33. The maximum absolute atomic E-state index is 14.8. The molecule has 4 rings (SSSR count). The number of aromatic nitrogens is 1. The molecule has 0 amide bonds. The fraction of sp³-hybridized carbons (Fsp3) is 0.593. The largest absolute Gasteiger partial charge is 0.388 e. The molecule has 1 saturated heterocycles. The van der Waals surface area contributed by atoms with Crippen LogP contribution in [0.3, 0.4) is 0 Å². The van der Waals surface area contributed by atoms with Gasteiger partial charge >= 0.3 is 0 Å². The van der Waals surface area contributed by atoms with Crippen LogP contribution in [-0.4, -0.2) is 67.3 Å². The first-order valence-electron chi connectivity index (χ1n) is 12.9. The summed E-state index contributed by atoms with van der Waals surface area (Å²) in [6.45, 7) is 3.97. The third-order valence-corrected chi connectivity index (χ3v) is 7.18. The van der Waals surface area contributed by atoms with Crippen LogP contribution in [0.4, 0.5) is 20.3 Å². The molecule has 198 valence electrons. The van der Waals surface area contributed by atoms with Crippen molar-refractivity contribution in [2.75, 3.05) is 44.1 Å². The molecule has 0 bridgehead atoms. The number of nitrogens with zero attached hydrogens (tertiary/aromatic N) is 1. The van der Waals surface area contributed by atoms with E-state index in [0.29, 0.717) is 61.7 Å². The van der Waals surface area contributed by atoms with E-state index in [0.717, 1.165) is 25.7 Å². The van der Waals surface area contributed by atoms with Gasteiger partial charge in [0, 0.05) is 63.4 Å². The van der Waals surface area contributed by atoms with Crippen molar-refractivity contribution in [3.8, 4) is 11.1 Å². The summed E-state index contributed by atoms with van der Waals surface area (Å²) < 4.78 is 39.8. The number of methoxy groups -OCH3 is 1. The number of ether oxygens (including phenoxy) is 2. The number of anilines is 2. The third kappa shape index (κ3) is 7.12. The molecule has 1 aromatic carbocycles. The molecular formula is C27H38F2N4O3. The van der Waals surface area contributed by atoms with Crippen molar-refractivity contribution in [3.05, 3.63) is 42.1 Å². The van der Waals surface area contributed by atoms with E-state index in [4.69, 9.17) is 9.47 Å². The van der Waals surface area contributed by atoms with Crippen molar-refractivity contribution in [1.82, 2.24) is 10.3 Å². The molecule has 0 radical (unpaired) electrons. The summed E-state index contributed by atoms with van der Waals surface area (Å²) >= 11 is 0. The molecule has 36 heavy (non-hydrogen) atoms. The molecule has 0 spiro atoms. The number of pyridine rings is 1. The van der Waals surface area contributed by atoms with Gasteiger partial charge in [-0.2, -0.15) is 0 Å². The fourth-order valence-electron chi connectivity index (χ4n) is 5.07. The molecule has 9 heteroatoms. The minimum atomic E-state index is -0.948. The zero-order valence-electron chi connectivity index (χ0n) is 21.2. The Kier molecular flexibility index (Phi) is 9.11. The zero-order chi connectivity index (χ0) is 25.5. The van der Waals surface area contributed by atoms with Gasteiger partial charge in [0.05, 0.1) is 24.1 Å². The molecule has 1 atom stereocenters. The zero-order valence-corrected chi connectivity index (χ0v) is 21.2. The number of hydrogen-bond acceptors (Lipinski definition) is 7. The molecule has 2 aliphatic rings. The highest BCUT2D eigenvalue weighted by molar-refractivity contribution is 5.71. The lowest BCUT2D eigenvalue weighted by Gasteiger charge is -2.32. The summed E-state index contributed by atoms with van der Waals surface area (Å²) in [6.07, 6.45) is 6.25. The lowest BCUT2D eigenvalue weighted by atomic mass is 9.90. The maximum Gasteiger partial charge on any atom is 0.149 e. The van der Waals surface area contributed by atoms with Crippen LogP contribution in [0.1, 0.15) is 45.4 Å². The van der Waals surface area contributed by atoms with E-state index in [1.165, 1.54) is 12.3 Å². The first-order chi connectivity index (χ1) is 17.3. The van der Waals surface area contributed by atoms with E-state index >= 15 is 0 Å². The van der Waals surface area contributed by atoms with Crippen molar-refractivity contribution < 1.29 is 23.4 Å². The van der Waals surface area contributed by atoms with Crippen LogP contribution < -0.4 is 16.0 Å². The Morgan fingerprint density at radius 3 is 2.56 bits per heavy atom. The smallest absolute Gasteiger partial charge is 0.149 e. The Balaban J connectivity index is 1.39. The van der Waals surface area contributed by atoms with E-state index in [2.05, 4.69) is 27.9 Å². The average Bonchev–Trinajstić information content (AvgIpc) is 2.87. The van der Waals surface area contributed by atoms with Crippen molar-refractivity contribution in [3.63, 3.8) is 0 Å². The maximum atomic E-state index is 14.8. The van der Waals surface area contributed by atoms with Crippen LogP contribution in [0.15, 0.2) is 30.5 Å². The summed E-state index contributed by atoms with van der Waals surface area (Å²) in [4.78, 5) is 4.24. The Bertz CT molecular complexity index is 995. The van der Waals surface area contributed by atoms with Gasteiger partial charge in [0.2, 0.25) is 0 Å². The first kappa shape index (κ1) is 26.7. The minimum absolute atomic E-state index is 0.199. The van der Waals surface area contributed by atoms with E-state index in [1.54, 1.807) is 25.3 Å². The fourth-order valence-corrected chi connectivity index (χ4v) is 5.07. The molecule has 0 unspecified atom stereocenters. The molecular weight excluding hydrogens is 466 g/mol. The van der Waals surface area contributed by atoms with Gasteiger partial charge in [0.15, 0.2) is 0 Å². The predicted octanol–water partition coefficient (Wildman–Crippen LogP) is 4.33. The summed E-state index contributed by atoms with van der Waals surface area (Å²) in [6, 6.07) is 7.19. The Labute approximate surface area is 212 Å². The molecule has 7 nitrogen and oxygen atoms in total. The lowest BCUT2D eigenvalue weighted by molar-refractivity contribution is -0.0543. The molecule has 2 heterocycles. The Morgan fingerprint density at radius 2 is 1.83 bits per heavy atom. The van der Waals surface area contributed by atoms with Crippen LogP contribution in [0.5, 0.6) is 0 Å². The highest BCUT2D eigenvalue weighted by Gasteiger charge is 2.30. The quantitative estimate of drug-likeness (QED) is 0.383. The molecule has 1 aromatic heterocycles. The number of halogens is 2. The van der Waals surface area contributed by atoms with Crippen LogP contribution in [0.2, 0.25) is 0 Å². The molecule has 4 N–H and O–H groups in total. The monoisotopic (exact) mass is 504 g/mol. The van der Waals surface area contributed by atoms with Crippen molar-refractivity contribution in [2.45, 2.75) is 69.2 Å². The second-order valence-electron chi connectivity index (χ2n) is 10.2. The first-order valence-corrected chi connectivity index (χ1v) is 12.9. The van der Waals surface area contributed by atoms with Gasteiger partial charge < -0.3 is 30.5 Å². The SMILES string of the molecule is COC[C@H](C)N[C@H]1CC[C@H](Nc2cc(-c3ccc(F)c(NCC4(O)CCOCC4)c3)c(F)cn2)CC1. The normalized spacial score (nSPS) is 22.7. The van der Waals surface area contributed by atoms with E-state index in [9.17, 15) is 13.9 Å². The van der Waals surface area contributed by atoms with Gasteiger partial charge in [0.25, 0.3) is 0 Å². The number of benzene rings is 1. The van der Waals surface area contributed by atoms with Gasteiger partial charge in [-0.1, -0.05) is 6.07 Å². The van der Waals surface area contributed by atoms with Gasteiger partial charge in [-0.3, -0.25) is 0 Å². The lowest BCUT2D eigenvalue weighted by Crippen LogP contribution is -2.42. The number of hydrogen-bond donors (Lipinski definition) is 4. The standard InChI is InChI=1S/C27H38F2N4O3/c1-18(16-35-2)32-20-4-6-21(7-5-20)33-26-14-22(24(29)15-30-26)19-3-8-23(28)25(13-19)31-17-27(34)9-11-36-12-10-27/h3,8,13-15,18,20-21,31-32,34H,4-7,9-12,16-17H2,1-2H3,(H,30,33)/t18-,20-,21-/m0/s1. The summed E-state index contributed by atoms with van der Waals surface area (Å²) in [5.74, 6) is -0.320. The highest BCUT2D eigenvalue weighted by atomic mass is 19.1. The second-order valence-corrected chi connectivity index (χ2v) is 10.2. The minimum Gasteiger partial charge on any atom is -0.388 e. The molecule has 1 aliphatic carbocycles. The molecule has 2 fully saturated rings.